The highest BCUT2D eigenvalue weighted by atomic mass is 35.5. The molecule has 0 aliphatic rings. The molecule has 0 aliphatic carbocycles. The van der Waals surface area contributed by atoms with E-state index in [4.69, 9.17) is 25.8 Å². The zero-order valence-corrected chi connectivity index (χ0v) is 16.4. The summed E-state index contributed by atoms with van der Waals surface area (Å²) in [6, 6.07) is 7.72. The molecule has 8 heteroatoms. The maximum atomic E-state index is 13.2. The van der Waals surface area contributed by atoms with E-state index in [2.05, 4.69) is 5.32 Å². The fourth-order valence-electron chi connectivity index (χ4n) is 2.74. The van der Waals surface area contributed by atoms with Gasteiger partial charge in [-0.1, -0.05) is 11.6 Å². The number of ether oxygens (including phenoxy) is 3. The molecule has 0 aliphatic heterocycles. The van der Waals surface area contributed by atoms with Gasteiger partial charge in [0.05, 0.1) is 39.0 Å². The Kier molecular flexibility index (Phi) is 7.27. The highest BCUT2D eigenvalue weighted by molar-refractivity contribution is 6.31. The summed E-state index contributed by atoms with van der Waals surface area (Å²) in [6.45, 7) is 0.730. The molecule has 2 aromatic carbocycles. The van der Waals surface area contributed by atoms with E-state index in [1.165, 1.54) is 18.2 Å². The van der Waals surface area contributed by atoms with E-state index in [1.807, 2.05) is 13.1 Å². The van der Waals surface area contributed by atoms with Crippen LogP contribution in [0.2, 0.25) is 5.02 Å². The fourth-order valence-corrected chi connectivity index (χ4v) is 2.92. The summed E-state index contributed by atoms with van der Waals surface area (Å²) in [6.07, 6.45) is 0. The second-order valence-electron chi connectivity index (χ2n) is 5.98. The molecule has 6 nitrogen and oxygen atoms in total. The van der Waals surface area contributed by atoms with Gasteiger partial charge in [-0.15, -0.1) is 0 Å². The van der Waals surface area contributed by atoms with Crippen LogP contribution in [-0.4, -0.2) is 40.8 Å². The quantitative estimate of drug-likeness (QED) is 0.716. The van der Waals surface area contributed by atoms with Gasteiger partial charge in [-0.05, 0) is 30.3 Å². The largest absolute Gasteiger partial charge is 0.493 e. The predicted molar refractivity (Wildman–Crippen MR) is 102 cm³/mol. The van der Waals surface area contributed by atoms with Gasteiger partial charge in [0.1, 0.15) is 12.4 Å². The second-order valence-corrected chi connectivity index (χ2v) is 6.39. The van der Waals surface area contributed by atoms with E-state index in [0.717, 1.165) is 10.5 Å². The van der Waals surface area contributed by atoms with E-state index in [1.54, 1.807) is 27.4 Å². The van der Waals surface area contributed by atoms with E-state index in [9.17, 15) is 9.18 Å². The van der Waals surface area contributed by atoms with Crippen LogP contribution in [0.25, 0.3) is 0 Å². The van der Waals surface area contributed by atoms with Crippen LogP contribution < -0.4 is 24.4 Å². The summed E-state index contributed by atoms with van der Waals surface area (Å²) >= 11 is 5.73. The minimum atomic E-state index is -0.530. The second kappa shape index (κ2) is 9.43. The van der Waals surface area contributed by atoms with Gasteiger partial charge in [0.25, 0.3) is 5.91 Å². The Hall–Kier alpha value is -2.51. The van der Waals surface area contributed by atoms with E-state index >= 15 is 0 Å². The zero-order valence-electron chi connectivity index (χ0n) is 15.7. The first-order valence-corrected chi connectivity index (χ1v) is 8.61. The van der Waals surface area contributed by atoms with Gasteiger partial charge in [-0.3, -0.25) is 4.79 Å². The smallest absolute Gasteiger partial charge is 0.279 e. The molecule has 27 heavy (non-hydrogen) atoms. The van der Waals surface area contributed by atoms with Crippen LogP contribution in [0.4, 0.5) is 10.1 Å². The lowest BCUT2D eigenvalue weighted by Gasteiger charge is -2.18. The number of carbonyl (C=O) groups excluding carboxylic acids is 1. The monoisotopic (exact) mass is 397 g/mol. The Morgan fingerprint density at radius 3 is 2.41 bits per heavy atom. The number of rotatable bonds is 8. The minimum Gasteiger partial charge on any atom is -0.493 e. The normalized spacial score (nSPS) is 11.6. The van der Waals surface area contributed by atoms with Crippen molar-refractivity contribution < 1.29 is 28.3 Å². The number of methoxy groups -OCH3 is 3. The maximum Gasteiger partial charge on any atom is 0.279 e. The fraction of sp³-hybridized carbons (Fsp3) is 0.316. The van der Waals surface area contributed by atoms with Crippen molar-refractivity contribution in [2.24, 2.45) is 0 Å². The van der Waals surface area contributed by atoms with Crippen molar-refractivity contribution in [3.63, 3.8) is 0 Å². The maximum absolute atomic E-state index is 13.2. The lowest BCUT2D eigenvalue weighted by molar-refractivity contribution is -0.885. The third-order valence-electron chi connectivity index (χ3n) is 3.94. The molecule has 2 N–H and O–H groups in total. The van der Waals surface area contributed by atoms with Gasteiger partial charge in [0.2, 0.25) is 5.75 Å². The van der Waals surface area contributed by atoms with Gasteiger partial charge in [-0.2, -0.15) is 0 Å². The first-order valence-electron chi connectivity index (χ1n) is 8.23. The summed E-state index contributed by atoms with van der Waals surface area (Å²) in [5.74, 6) is 0.909. The summed E-state index contributed by atoms with van der Waals surface area (Å²) in [5.41, 5.74) is 1.33. The van der Waals surface area contributed by atoms with Crippen molar-refractivity contribution in [1.82, 2.24) is 0 Å². The lowest BCUT2D eigenvalue weighted by Crippen LogP contribution is -3.08. The number of likely N-dealkylation sites (N-methyl/N-ethyl adjacent to an activating group) is 1. The number of hydrogen-bond acceptors (Lipinski definition) is 4. The zero-order chi connectivity index (χ0) is 20.0. The van der Waals surface area contributed by atoms with Crippen LogP contribution in [-0.2, 0) is 11.3 Å². The van der Waals surface area contributed by atoms with Crippen LogP contribution in [0.15, 0.2) is 30.3 Å². The van der Waals surface area contributed by atoms with Crippen molar-refractivity contribution >= 4 is 23.2 Å². The van der Waals surface area contributed by atoms with Crippen LogP contribution in [0, 0.1) is 5.82 Å². The van der Waals surface area contributed by atoms with E-state index in [0.29, 0.717) is 29.5 Å². The molecule has 1 unspecified atom stereocenters. The van der Waals surface area contributed by atoms with Crippen LogP contribution in [0.3, 0.4) is 0 Å². The summed E-state index contributed by atoms with van der Waals surface area (Å²) < 4.78 is 29.3. The van der Waals surface area contributed by atoms with E-state index < -0.39 is 5.82 Å². The number of quaternary nitrogens is 1. The number of benzene rings is 2. The molecule has 1 amide bonds. The summed E-state index contributed by atoms with van der Waals surface area (Å²) in [4.78, 5) is 13.2. The lowest BCUT2D eigenvalue weighted by atomic mass is 10.1. The Balaban J connectivity index is 2.05. The first kappa shape index (κ1) is 20.8. The van der Waals surface area contributed by atoms with Crippen LogP contribution >= 0.6 is 11.6 Å². The van der Waals surface area contributed by atoms with Gasteiger partial charge in [0, 0.05) is 5.69 Å². The molecule has 2 rings (SSSR count). The molecule has 0 spiro atoms. The van der Waals surface area contributed by atoms with Gasteiger partial charge >= 0.3 is 0 Å². The minimum absolute atomic E-state index is 0.0384. The van der Waals surface area contributed by atoms with Crippen molar-refractivity contribution in [3.8, 4) is 17.2 Å². The SMILES string of the molecule is COc1ccc(C[NH+](C)CC(=O)Nc2ccc(F)c(Cl)c2)c(OC)c1OC. The van der Waals surface area contributed by atoms with Gasteiger partial charge in [-0.25, -0.2) is 4.39 Å². The highest BCUT2D eigenvalue weighted by Crippen LogP contribution is 2.39. The van der Waals surface area contributed by atoms with Crippen molar-refractivity contribution in [2.45, 2.75) is 6.54 Å². The molecule has 0 saturated heterocycles. The number of anilines is 1. The van der Waals surface area contributed by atoms with Crippen molar-refractivity contribution in [3.05, 3.63) is 46.7 Å². The topological polar surface area (TPSA) is 61.2 Å². The standard InChI is InChI=1S/C19H22ClFN2O4/c1-23(11-17(24)22-13-6-7-15(21)14(20)9-13)10-12-5-8-16(25-2)19(27-4)18(12)26-3/h5-9H,10-11H2,1-4H3,(H,22,24)/p+1. The average molecular weight is 398 g/mol. The van der Waals surface area contributed by atoms with Gasteiger partial charge in [0.15, 0.2) is 18.0 Å². The predicted octanol–water partition coefficient (Wildman–Crippen LogP) is 2.16. The molecule has 2 aromatic rings. The molecule has 1 atom stereocenters. The van der Waals surface area contributed by atoms with Crippen LogP contribution in [0.5, 0.6) is 17.2 Å². The van der Waals surface area contributed by atoms with Gasteiger partial charge < -0.3 is 24.4 Å². The Morgan fingerprint density at radius 1 is 1.11 bits per heavy atom. The number of halogens is 2. The van der Waals surface area contributed by atoms with Crippen LogP contribution in [0.1, 0.15) is 5.56 Å². The molecular weight excluding hydrogens is 375 g/mol. The van der Waals surface area contributed by atoms with E-state index in [-0.39, 0.29) is 17.5 Å². The number of amides is 1. The molecule has 0 fully saturated rings. The molecule has 0 heterocycles. The Bertz CT molecular complexity index is 817. The first-order chi connectivity index (χ1) is 12.9. The average Bonchev–Trinajstić information content (AvgIpc) is 2.63. The van der Waals surface area contributed by atoms with Crippen molar-refractivity contribution in [1.29, 1.82) is 0 Å². The number of hydrogen-bond donors (Lipinski definition) is 2. The molecule has 0 bridgehead atoms. The summed E-state index contributed by atoms with van der Waals surface area (Å²) in [7, 11) is 6.54. The molecular formula is C19H23ClFN2O4+. The third-order valence-corrected chi connectivity index (χ3v) is 4.23. The third kappa shape index (κ3) is 5.24. The Labute approximate surface area is 162 Å². The number of nitrogens with one attached hydrogen (secondary N) is 2. The molecule has 0 radical (unpaired) electrons. The molecule has 0 aromatic heterocycles. The number of carbonyl (C=O) groups is 1. The molecule has 146 valence electrons. The summed E-state index contributed by atoms with van der Waals surface area (Å²) in [5, 5.41) is 2.67. The van der Waals surface area contributed by atoms with Crippen molar-refractivity contribution in [2.75, 3.05) is 40.2 Å². The molecule has 0 saturated carbocycles. The Morgan fingerprint density at radius 2 is 1.81 bits per heavy atom. The highest BCUT2D eigenvalue weighted by Gasteiger charge is 2.19.